The van der Waals surface area contributed by atoms with Crippen LogP contribution in [0.3, 0.4) is 0 Å². The highest BCUT2D eigenvalue weighted by molar-refractivity contribution is 7.99. The number of halogens is 1. The molecule has 1 saturated carbocycles. The molecule has 3 aromatic rings. The van der Waals surface area contributed by atoms with Crippen molar-refractivity contribution >= 4 is 40.6 Å². The van der Waals surface area contributed by atoms with Crippen molar-refractivity contribution in [3.63, 3.8) is 0 Å². The van der Waals surface area contributed by atoms with E-state index in [2.05, 4.69) is 15.4 Å². The smallest absolute Gasteiger partial charge is 0.289 e. The summed E-state index contributed by atoms with van der Waals surface area (Å²) in [5, 5.41) is 18.7. The third-order valence-electron chi connectivity index (χ3n) is 4.31. The molecule has 1 heterocycles. The number of nitro groups is 1. The van der Waals surface area contributed by atoms with Crippen molar-refractivity contribution in [2.45, 2.75) is 23.9 Å². The van der Waals surface area contributed by atoms with Gasteiger partial charge < -0.3 is 5.32 Å². The second kappa shape index (κ2) is 8.22. The number of amides is 1. The number of nitrogens with one attached hydrogen (secondary N) is 1. The fourth-order valence-electron chi connectivity index (χ4n) is 2.79. The van der Waals surface area contributed by atoms with Crippen LogP contribution in [0.25, 0.3) is 5.69 Å². The molecule has 1 aliphatic rings. The minimum absolute atomic E-state index is 0.0191. The third-order valence-corrected chi connectivity index (χ3v) is 5.47. The van der Waals surface area contributed by atoms with Crippen LogP contribution in [0.15, 0.2) is 53.7 Å². The molecule has 1 aliphatic carbocycles. The lowest BCUT2D eigenvalue weighted by Gasteiger charge is -2.05. The van der Waals surface area contributed by atoms with E-state index in [4.69, 9.17) is 11.6 Å². The molecule has 10 heteroatoms. The van der Waals surface area contributed by atoms with E-state index >= 15 is 0 Å². The van der Waals surface area contributed by atoms with Gasteiger partial charge in [0.15, 0.2) is 0 Å². The number of carbonyl (C=O) groups is 1. The summed E-state index contributed by atoms with van der Waals surface area (Å²) in [4.78, 5) is 27.2. The molecular weight excluding hydrogens is 414 g/mol. The van der Waals surface area contributed by atoms with Gasteiger partial charge in [0.1, 0.15) is 10.8 Å². The van der Waals surface area contributed by atoms with Gasteiger partial charge in [-0.2, -0.15) is 0 Å². The van der Waals surface area contributed by atoms with Crippen LogP contribution in [-0.4, -0.2) is 31.3 Å². The third kappa shape index (κ3) is 4.57. The number of nitro benzene ring substituents is 1. The maximum Gasteiger partial charge on any atom is 0.289 e. The highest BCUT2D eigenvalue weighted by Crippen LogP contribution is 2.40. The summed E-state index contributed by atoms with van der Waals surface area (Å²) in [6.45, 7) is 0. The average Bonchev–Trinajstić information content (AvgIpc) is 3.47. The highest BCUT2D eigenvalue weighted by atomic mass is 35.5. The van der Waals surface area contributed by atoms with Gasteiger partial charge in [0, 0.05) is 17.7 Å². The van der Waals surface area contributed by atoms with E-state index in [1.54, 1.807) is 0 Å². The predicted molar refractivity (Wildman–Crippen MR) is 111 cm³/mol. The predicted octanol–water partition coefficient (Wildman–Crippen LogP) is 4.44. The lowest BCUT2D eigenvalue weighted by atomic mass is 10.3. The zero-order chi connectivity index (χ0) is 20.4. The molecule has 8 nitrogen and oxygen atoms in total. The molecule has 0 saturated heterocycles. The number of rotatable bonds is 7. The number of anilines is 1. The van der Waals surface area contributed by atoms with Gasteiger partial charge in [0.2, 0.25) is 11.1 Å². The first-order chi connectivity index (χ1) is 14.0. The van der Waals surface area contributed by atoms with Gasteiger partial charge in [-0.15, -0.1) is 5.10 Å². The lowest BCUT2D eigenvalue weighted by Crippen LogP contribution is -2.14. The molecule has 0 unspecified atom stereocenters. The second-order valence-corrected chi connectivity index (χ2v) is 7.88. The number of hydrogen-bond acceptors (Lipinski definition) is 6. The lowest BCUT2D eigenvalue weighted by molar-refractivity contribution is -0.384. The molecule has 0 spiro atoms. The molecular formula is C19H16ClN5O3S. The fraction of sp³-hybridized carbons (Fsp3) is 0.211. The van der Waals surface area contributed by atoms with Crippen molar-refractivity contribution in [2.24, 2.45) is 0 Å². The van der Waals surface area contributed by atoms with Gasteiger partial charge >= 0.3 is 0 Å². The maximum atomic E-state index is 12.3. The van der Waals surface area contributed by atoms with Crippen LogP contribution in [0.4, 0.5) is 11.4 Å². The zero-order valence-electron chi connectivity index (χ0n) is 15.1. The van der Waals surface area contributed by atoms with Gasteiger partial charge in [-0.3, -0.25) is 14.9 Å². The molecule has 1 fully saturated rings. The number of benzene rings is 2. The molecule has 4 rings (SSSR count). The Morgan fingerprint density at radius 1 is 1.28 bits per heavy atom. The Kier molecular flexibility index (Phi) is 5.50. The standard InChI is InChI=1S/C19H16ClN5O3S/c20-15-9-8-13(10-16(15)25(27)28)21-17(26)11-29-19-22-18(12-6-7-12)24(23-19)14-4-2-1-3-5-14/h1-5,8-10,12H,6-7,11H2,(H,21,26). The van der Waals surface area contributed by atoms with Gasteiger partial charge in [-0.05, 0) is 37.1 Å². The van der Waals surface area contributed by atoms with Crippen LogP contribution in [0.5, 0.6) is 0 Å². The van der Waals surface area contributed by atoms with Gasteiger partial charge in [0.25, 0.3) is 5.69 Å². The molecule has 1 amide bonds. The fourth-order valence-corrected chi connectivity index (χ4v) is 3.60. The largest absolute Gasteiger partial charge is 0.325 e. The molecule has 2 aromatic carbocycles. The van der Waals surface area contributed by atoms with Crippen LogP contribution in [0, 0.1) is 10.1 Å². The zero-order valence-corrected chi connectivity index (χ0v) is 16.7. The first kappa shape index (κ1) is 19.4. The Labute approximate surface area is 175 Å². The van der Waals surface area contributed by atoms with E-state index < -0.39 is 4.92 Å². The Hall–Kier alpha value is -2.91. The van der Waals surface area contributed by atoms with Crippen LogP contribution in [-0.2, 0) is 4.79 Å². The number of para-hydroxylation sites is 1. The summed E-state index contributed by atoms with van der Waals surface area (Å²) in [5.74, 6) is 1.09. The normalized spacial score (nSPS) is 13.3. The van der Waals surface area contributed by atoms with Crippen LogP contribution in [0.1, 0.15) is 24.6 Å². The summed E-state index contributed by atoms with van der Waals surface area (Å²) >= 11 is 7.01. The molecule has 1 aromatic heterocycles. The average molecular weight is 430 g/mol. The topological polar surface area (TPSA) is 103 Å². The van der Waals surface area contributed by atoms with Crippen LogP contribution >= 0.6 is 23.4 Å². The van der Waals surface area contributed by atoms with E-state index in [0.717, 1.165) is 24.4 Å². The molecule has 29 heavy (non-hydrogen) atoms. The minimum atomic E-state index is -0.591. The molecule has 0 radical (unpaired) electrons. The van der Waals surface area contributed by atoms with E-state index in [9.17, 15) is 14.9 Å². The maximum absolute atomic E-state index is 12.3. The summed E-state index contributed by atoms with van der Waals surface area (Å²) in [5.41, 5.74) is 0.995. The van der Waals surface area contributed by atoms with Crippen LogP contribution < -0.4 is 5.32 Å². The van der Waals surface area contributed by atoms with Crippen molar-refractivity contribution in [3.8, 4) is 5.69 Å². The van der Waals surface area contributed by atoms with Crippen molar-refractivity contribution in [3.05, 3.63) is 69.5 Å². The van der Waals surface area contributed by atoms with E-state index in [1.165, 1.54) is 30.0 Å². The molecule has 0 atom stereocenters. The second-order valence-electron chi connectivity index (χ2n) is 6.53. The van der Waals surface area contributed by atoms with Crippen LogP contribution in [0.2, 0.25) is 5.02 Å². The Bertz CT molecular complexity index is 1070. The van der Waals surface area contributed by atoms with E-state index in [1.807, 2.05) is 35.0 Å². The number of aromatic nitrogens is 3. The van der Waals surface area contributed by atoms with Gasteiger partial charge in [0.05, 0.1) is 16.4 Å². The number of carbonyl (C=O) groups excluding carboxylic acids is 1. The molecule has 0 bridgehead atoms. The number of nitrogens with zero attached hydrogens (tertiary/aromatic N) is 4. The van der Waals surface area contributed by atoms with Gasteiger partial charge in [-0.1, -0.05) is 41.6 Å². The van der Waals surface area contributed by atoms with Crippen molar-refractivity contribution in [1.82, 2.24) is 14.8 Å². The summed E-state index contributed by atoms with van der Waals surface area (Å²) in [7, 11) is 0. The van der Waals surface area contributed by atoms with Crippen molar-refractivity contribution in [2.75, 3.05) is 11.1 Å². The number of thioether (sulfide) groups is 1. The quantitative estimate of drug-likeness (QED) is 0.338. The van der Waals surface area contributed by atoms with Crippen molar-refractivity contribution < 1.29 is 9.72 Å². The first-order valence-corrected chi connectivity index (χ1v) is 10.3. The number of hydrogen-bond donors (Lipinski definition) is 1. The minimum Gasteiger partial charge on any atom is -0.325 e. The first-order valence-electron chi connectivity index (χ1n) is 8.90. The Morgan fingerprint density at radius 3 is 2.72 bits per heavy atom. The van der Waals surface area contributed by atoms with E-state index in [0.29, 0.717) is 16.8 Å². The molecule has 0 aliphatic heterocycles. The Morgan fingerprint density at radius 2 is 2.03 bits per heavy atom. The Balaban J connectivity index is 1.43. The molecule has 148 valence electrons. The molecule has 1 N–H and O–H groups in total. The van der Waals surface area contributed by atoms with Gasteiger partial charge in [-0.25, -0.2) is 9.67 Å². The monoisotopic (exact) mass is 429 g/mol. The highest BCUT2D eigenvalue weighted by Gasteiger charge is 2.30. The van der Waals surface area contributed by atoms with E-state index in [-0.39, 0.29) is 22.4 Å². The summed E-state index contributed by atoms with van der Waals surface area (Å²) < 4.78 is 1.83. The SMILES string of the molecule is O=C(CSc1nc(C2CC2)n(-c2ccccc2)n1)Nc1ccc(Cl)c([N+](=O)[O-])c1. The summed E-state index contributed by atoms with van der Waals surface area (Å²) in [6.07, 6.45) is 2.18. The summed E-state index contributed by atoms with van der Waals surface area (Å²) in [6, 6.07) is 13.9. The van der Waals surface area contributed by atoms with Crippen molar-refractivity contribution in [1.29, 1.82) is 0 Å².